The highest BCUT2D eigenvalue weighted by Gasteiger charge is 2.20. The Balaban J connectivity index is 2.01. The first-order chi connectivity index (χ1) is 11.0. The maximum Gasteiger partial charge on any atom is 0.340 e. The van der Waals surface area contributed by atoms with Crippen LogP contribution < -0.4 is 5.32 Å². The molecular weight excluding hydrogens is 316 g/mol. The number of hydrogen-bond donors (Lipinski definition) is 1. The molecule has 0 aliphatic heterocycles. The summed E-state index contributed by atoms with van der Waals surface area (Å²) in [6, 6.07) is 14.8. The molecule has 1 amide bonds. The van der Waals surface area contributed by atoms with Gasteiger partial charge in [0.25, 0.3) is 5.91 Å². The second kappa shape index (κ2) is 7.43. The number of nitrogens with zero attached hydrogens (tertiary/aromatic N) is 1. The number of nitriles is 1. The van der Waals surface area contributed by atoms with Crippen LogP contribution in [-0.2, 0) is 9.53 Å². The first-order valence-corrected chi connectivity index (χ1v) is 7.15. The van der Waals surface area contributed by atoms with Crippen LogP contribution in [0.1, 0.15) is 22.8 Å². The van der Waals surface area contributed by atoms with Gasteiger partial charge in [-0.05, 0) is 37.3 Å². The van der Waals surface area contributed by atoms with Crippen molar-refractivity contribution in [2.45, 2.75) is 13.0 Å². The molecule has 23 heavy (non-hydrogen) atoms. The minimum absolute atomic E-state index is 0.195. The van der Waals surface area contributed by atoms with Gasteiger partial charge in [-0.2, -0.15) is 5.26 Å². The molecule has 0 bridgehead atoms. The molecule has 0 aliphatic carbocycles. The number of carbonyl (C=O) groups is 2. The lowest BCUT2D eigenvalue weighted by Gasteiger charge is -2.14. The van der Waals surface area contributed by atoms with Gasteiger partial charge in [-0.25, -0.2) is 4.79 Å². The molecule has 0 aliphatic rings. The van der Waals surface area contributed by atoms with Gasteiger partial charge < -0.3 is 10.1 Å². The van der Waals surface area contributed by atoms with E-state index >= 15 is 0 Å². The number of nitrogens with one attached hydrogen (secondary N) is 1. The number of benzene rings is 2. The minimum Gasteiger partial charge on any atom is -0.449 e. The van der Waals surface area contributed by atoms with Crippen LogP contribution >= 0.6 is 11.6 Å². The Kier molecular flexibility index (Phi) is 5.34. The van der Waals surface area contributed by atoms with E-state index in [0.717, 1.165) is 0 Å². The van der Waals surface area contributed by atoms with Gasteiger partial charge in [-0.1, -0.05) is 29.8 Å². The van der Waals surface area contributed by atoms with Crippen LogP contribution in [0.2, 0.25) is 5.02 Å². The fraction of sp³-hybridized carbons (Fsp3) is 0.118. The molecular formula is C17H13ClN2O3. The van der Waals surface area contributed by atoms with E-state index in [4.69, 9.17) is 21.6 Å². The predicted octanol–water partition coefficient (Wildman–Crippen LogP) is 3.40. The minimum atomic E-state index is -1.01. The zero-order chi connectivity index (χ0) is 16.8. The number of hydrogen-bond acceptors (Lipinski definition) is 4. The van der Waals surface area contributed by atoms with Crippen LogP contribution in [0.4, 0.5) is 5.69 Å². The average molecular weight is 329 g/mol. The molecule has 1 N–H and O–H groups in total. The van der Waals surface area contributed by atoms with Gasteiger partial charge in [0.05, 0.1) is 22.2 Å². The lowest BCUT2D eigenvalue weighted by Crippen LogP contribution is -2.30. The summed E-state index contributed by atoms with van der Waals surface area (Å²) in [5, 5.41) is 11.7. The fourth-order valence-corrected chi connectivity index (χ4v) is 2.03. The molecule has 1 atom stereocenters. The standard InChI is InChI=1S/C17H13ClN2O3/c1-11(23-17(22)14-7-2-3-8-15(14)18)16(21)20-13-6-4-5-12(9-13)10-19/h2-9,11H,1H3,(H,20,21). The summed E-state index contributed by atoms with van der Waals surface area (Å²) in [6.07, 6.45) is -1.01. The van der Waals surface area contributed by atoms with Crippen LogP contribution in [0.3, 0.4) is 0 Å². The highest BCUT2D eigenvalue weighted by Crippen LogP contribution is 2.17. The normalized spacial score (nSPS) is 11.2. The van der Waals surface area contributed by atoms with Crippen molar-refractivity contribution in [2.75, 3.05) is 5.32 Å². The van der Waals surface area contributed by atoms with E-state index < -0.39 is 18.0 Å². The summed E-state index contributed by atoms with van der Waals surface area (Å²) in [5.41, 5.74) is 1.07. The fourth-order valence-electron chi connectivity index (χ4n) is 1.81. The summed E-state index contributed by atoms with van der Waals surface area (Å²) in [6.45, 7) is 1.46. The third-order valence-corrected chi connectivity index (χ3v) is 3.34. The third-order valence-electron chi connectivity index (χ3n) is 3.01. The molecule has 0 heterocycles. The van der Waals surface area contributed by atoms with E-state index in [0.29, 0.717) is 11.3 Å². The summed E-state index contributed by atoms with van der Waals surface area (Å²) < 4.78 is 5.11. The number of carbonyl (C=O) groups excluding carboxylic acids is 2. The lowest BCUT2D eigenvalue weighted by molar-refractivity contribution is -0.123. The predicted molar refractivity (Wildman–Crippen MR) is 86.1 cm³/mol. The second-order valence-corrected chi connectivity index (χ2v) is 5.12. The molecule has 2 rings (SSSR count). The zero-order valence-electron chi connectivity index (χ0n) is 12.2. The Morgan fingerprint density at radius 1 is 1.22 bits per heavy atom. The van der Waals surface area contributed by atoms with Gasteiger partial charge in [-0.15, -0.1) is 0 Å². The Morgan fingerprint density at radius 2 is 1.96 bits per heavy atom. The van der Waals surface area contributed by atoms with Crippen LogP contribution in [-0.4, -0.2) is 18.0 Å². The maximum absolute atomic E-state index is 12.1. The highest BCUT2D eigenvalue weighted by molar-refractivity contribution is 6.33. The molecule has 6 heteroatoms. The van der Waals surface area contributed by atoms with Crippen molar-refractivity contribution < 1.29 is 14.3 Å². The Morgan fingerprint density at radius 3 is 2.65 bits per heavy atom. The van der Waals surface area contributed by atoms with E-state index in [9.17, 15) is 9.59 Å². The van der Waals surface area contributed by atoms with E-state index in [1.54, 1.807) is 36.4 Å². The Bertz CT molecular complexity index is 783. The summed E-state index contributed by atoms with van der Waals surface area (Å²) >= 11 is 5.91. The van der Waals surface area contributed by atoms with Crippen LogP contribution in [0.5, 0.6) is 0 Å². The molecule has 1 unspecified atom stereocenters. The number of halogens is 1. The SMILES string of the molecule is CC(OC(=O)c1ccccc1Cl)C(=O)Nc1cccc(C#N)c1. The summed E-state index contributed by atoms with van der Waals surface area (Å²) in [5.74, 6) is -1.18. The van der Waals surface area contributed by atoms with Gasteiger partial charge in [0.15, 0.2) is 6.10 Å². The van der Waals surface area contributed by atoms with Crippen molar-refractivity contribution in [3.8, 4) is 6.07 Å². The first kappa shape index (κ1) is 16.5. The molecule has 2 aromatic carbocycles. The molecule has 0 aromatic heterocycles. The van der Waals surface area contributed by atoms with Gasteiger partial charge in [0.1, 0.15) is 0 Å². The monoisotopic (exact) mass is 328 g/mol. The summed E-state index contributed by atoms with van der Waals surface area (Å²) in [4.78, 5) is 24.1. The van der Waals surface area contributed by atoms with Gasteiger partial charge in [0.2, 0.25) is 0 Å². The highest BCUT2D eigenvalue weighted by atomic mass is 35.5. The average Bonchev–Trinajstić information content (AvgIpc) is 2.55. The molecule has 0 saturated heterocycles. The molecule has 0 fully saturated rings. The Labute approximate surface area is 138 Å². The molecule has 0 spiro atoms. The quantitative estimate of drug-likeness (QED) is 0.872. The Hall–Kier alpha value is -2.84. The van der Waals surface area contributed by atoms with Gasteiger partial charge >= 0.3 is 5.97 Å². The van der Waals surface area contributed by atoms with Crippen molar-refractivity contribution in [2.24, 2.45) is 0 Å². The first-order valence-electron chi connectivity index (χ1n) is 6.78. The van der Waals surface area contributed by atoms with Gasteiger partial charge in [-0.3, -0.25) is 4.79 Å². The van der Waals surface area contributed by atoms with Gasteiger partial charge in [0, 0.05) is 5.69 Å². The number of ether oxygens (including phenoxy) is 1. The van der Waals surface area contributed by atoms with E-state index in [1.807, 2.05) is 6.07 Å². The molecule has 116 valence electrons. The van der Waals surface area contributed by atoms with Crippen LogP contribution in [0.15, 0.2) is 48.5 Å². The zero-order valence-corrected chi connectivity index (χ0v) is 13.0. The number of amides is 1. The molecule has 0 radical (unpaired) electrons. The second-order valence-electron chi connectivity index (χ2n) is 4.71. The van der Waals surface area contributed by atoms with E-state index in [1.165, 1.54) is 19.1 Å². The largest absolute Gasteiger partial charge is 0.449 e. The van der Waals surface area contributed by atoms with E-state index in [-0.39, 0.29) is 10.6 Å². The lowest BCUT2D eigenvalue weighted by atomic mass is 10.2. The third kappa shape index (κ3) is 4.31. The van der Waals surface area contributed by atoms with Crippen molar-refractivity contribution in [3.05, 3.63) is 64.7 Å². The van der Waals surface area contributed by atoms with Crippen LogP contribution in [0.25, 0.3) is 0 Å². The molecule has 0 saturated carbocycles. The van der Waals surface area contributed by atoms with Crippen molar-refractivity contribution in [1.29, 1.82) is 5.26 Å². The van der Waals surface area contributed by atoms with E-state index in [2.05, 4.69) is 5.32 Å². The number of rotatable bonds is 4. The topological polar surface area (TPSA) is 79.2 Å². The van der Waals surface area contributed by atoms with Crippen molar-refractivity contribution in [3.63, 3.8) is 0 Å². The smallest absolute Gasteiger partial charge is 0.340 e. The van der Waals surface area contributed by atoms with Crippen LogP contribution in [0, 0.1) is 11.3 Å². The molecule has 5 nitrogen and oxygen atoms in total. The summed E-state index contributed by atoms with van der Waals surface area (Å²) in [7, 11) is 0. The number of esters is 1. The van der Waals surface area contributed by atoms with Crippen molar-refractivity contribution >= 4 is 29.2 Å². The number of anilines is 1. The maximum atomic E-state index is 12.1. The molecule has 2 aromatic rings. The van der Waals surface area contributed by atoms with Crippen molar-refractivity contribution in [1.82, 2.24) is 0 Å².